The van der Waals surface area contributed by atoms with E-state index in [1.807, 2.05) is 0 Å². The predicted molar refractivity (Wildman–Crippen MR) is 50.3 cm³/mol. The van der Waals surface area contributed by atoms with Crippen LogP contribution in [0.5, 0.6) is 0 Å². The van der Waals surface area contributed by atoms with Gasteiger partial charge in [0, 0.05) is 7.05 Å². The lowest BCUT2D eigenvalue weighted by Crippen LogP contribution is -2.16. The van der Waals surface area contributed by atoms with E-state index < -0.39 is 14.7 Å². The Labute approximate surface area is 85.6 Å². The van der Waals surface area contributed by atoms with Gasteiger partial charge in [-0.05, 0) is 16.8 Å². The smallest absolute Gasteiger partial charge is 0.277 e. The lowest BCUT2D eigenvalue weighted by atomic mass is 10.6. The Morgan fingerprint density at radius 2 is 2.29 bits per heavy atom. The molecule has 0 aromatic carbocycles. The van der Waals surface area contributed by atoms with Crippen molar-refractivity contribution in [2.45, 2.75) is 23.1 Å². The fourth-order valence-electron chi connectivity index (χ4n) is 0.793. The van der Waals surface area contributed by atoms with E-state index in [-0.39, 0.29) is 6.42 Å². The zero-order valence-corrected chi connectivity index (χ0v) is 9.29. The van der Waals surface area contributed by atoms with Gasteiger partial charge in [-0.1, -0.05) is 18.7 Å². The molecule has 7 nitrogen and oxygen atoms in total. The first kappa shape index (κ1) is 11.4. The summed E-state index contributed by atoms with van der Waals surface area (Å²) < 4.78 is 31.0. The van der Waals surface area contributed by atoms with E-state index in [0.717, 1.165) is 11.8 Å². The van der Waals surface area contributed by atoms with Gasteiger partial charge in [0.1, 0.15) is 4.58 Å². The molecule has 1 atom stereocenters. The molecule has 9 heteroatoms. The Hall–Kier alpha value is -0.670. The molecule has 0 aliphatic carbocycles. The molecule has 14 heavy (non-hydrogen) atoms. The van der Waals surface area contributed by atoms with Gasteiger partial charge in [0.25, 0.3) is 10.1 Å². The van der Waals surface area contributed by atoms with Gasteiger partial charge in [-0.3, -0.25) is 4.55 Å². The minimum Gasteiger partial charge on any atom is -0.285 e. The average molecular weight is 238 g/mol. The van der Waals surface area contributed by atoms with Crippen molar-refractivity contribution in [2.75, 3.05) is 0 Å². The van der Waals surface area contributed by atoms with Crippen LogP contribution in [0.3, 0.4) is 0 Å². The Kier molecular flexibility index (Phi) is 3.45. The number of thioether (sulfide) groups is 1. The number of hydrogen-bond donors (Lipinski definition) is 1. The van der Waals surface area contributed by atoms with Crippen LogP contribution in [-0.2, 0) is 17.2 Å². The SMILES string of the molecule is CCC(Sc1nnnn1C)S(=O)(=O)O. The molecule has 0 saturated carbocycles. The summed E-state index contributed by atoms with van der Waals surface area (Å²) in [5.41, 5.74) is 0. The normalized spacial score (nSPS) is 14.2. The van der Waals surface area contributed by atoms with Gasteiger partial charge in [0.05, 0.1) is 0 Å². The standard InChI is InChI=1S/C5H10N4O3S2/c1-3-4(14(10,11)12)13-5-6-7-8-9(5)2/h4H,3H2,1-2H3,(H,10,11,12). The molecule has 0 saturated heterocycles. The molecular formula is C5H10N4O3S2. The summed E-state index contributed by atoms with van der Waals surface area (Å²) in [6.07, 6.45) is 0.288. The molecule has 1 aromatic rings. The molecule has 0 aliphatic heterocycles. The highest BCUT2D eigenvalue weighted by Gasteiger charge is 2.24. The first-order valence-electron chi connectivity index (χ1n) is 3.80. The number of aromatic nitrogens is 4. The Bertz CT molecular complexity index is 401. The van der Waals surface area contributed by atoms with Crippen molar-refractivity contribution < 1.29 is 13.0 Å². The largest absolute Gasteiger partial charge is 0.285 e. The van der Waals surface area contributed by atoms with Gasteiger partial charge >= 0.3 is 0 Å². The highest BCUT2D eigenvalue weighted by molar-refractivity contribution is 8.11. The van der Waals surface area contributed by atoms with E-state index in [1.54, 1.807) is 14.0 Å². The van der Waals surface area contributed by atoms with Gasteiger partial charge in [-0.2, -0.15) is 8.42 Å². The molecule has 0 spiro atoms. The van der Waals surface area contributed by atoms with Gasteiger partial charge < -0.3 is 0 Å². The van der Waals surface area contributed by atoms with E-state index in [1.165, 1.54) is 4.68 Å². The van der Waals surface area contributed by atoms with E-state index >= 15 is 0 Å². The van der Waals surface area contributed by atoms with Gasteiger partial charge in [0.15, 0.2) is 0 Å². The fraction of sp³-hybridized carbons (Fsp3) is 0.800. The zero-order valence-electron chi connectivity index (χ0n) is 7.65. The summed E-state index contributed by atoms with van der Waals surface area (Å²) in [4.78, 5) is 0. The Morgan fingerprint density at radius 3 is 2.64 bits per heavy atom. The minimum absolute atomic E-state index is 0.288. The predicted octanol–water partition coefficient (Wildman–Crippen LogP) is -0.0739. The second-order valence-electron chi connectivity index (χ2n) is 2.56. The van der Waals surface area contributed by atoms with Crippen LogP contribution in [0.4, 0.5) is 0 Å². The van der Waals surface area contributed by atoms with Crippen LogP contribution in [0.15, 0.2) is 5.16 Å². The van der Waals surface area contributed by atoms with E-state index in [2.05, 4.69) is 15.5 Å². The van der Waals surface area contributed by atoms with Crippen LogP contribution in [-0.4, -0.2) is 37.8 Å². The summed E-state index contributed by atoms with van der Waals surface area (Å²) in [7, 11) is -2.46. The summed E-state index contributed by atoms with van der Waals surface area (Å²) in [5, 5.41) is 10.9. The topological polar surface area (TPSA) is 98.0 Å². The Balaban J connectivity index is 2.82. The van der Waals surface area contributed by atoms with E-state index in [0.29, 0.717) is 5.16 Å². The van der Waals surface area contributed by atoms with Gasteiger partial charge in [-0.15, -0.1) is 5.10 Å². The van der Waals surface area contributed by atoms with Crippen molar-refractivity contribution in [3.05, 3.63) is 0 Å². The van der Waals surface area contributed by atoms with Crippen LogP contribution in [0.1, 0.15) is 13.3 Å². The summed E-state index contributed by atoms with van der Waals surface area (Å²) >= 11 is 0.918. The first-order valence-corrected chi connectivity index (χ1v) is 6.18. The first-order chi connectivity index (χ1) is 6.45. The molecule has 80 valence electrons. The van der Waals surface area contributed by atoms with Crippen molar-refractivity contribution in [1.82, 2.24) is 20.2 Å². The summed E-state index contributed by atoms with van der Waals surface area (Å²) in [6.45, 7) is 1.66. The number of hydrogen-bond acceptors (Lipinski definition) is 6. The third-order valence-corrected chi connectivity index (χ3v) is 4.65. The molecule has 1 heterocycles. The van der Waals surface area contributed by atoms with Crippen molar-refractivity contribution in [3.8, 4) is 0 Å². The molecule has 0 aliphatic rings. The zero-order chi connectivity index (χ0) is 10.8. The highest BCUT2D eigenvalue weighted by Crippen LogP contribution is 2.25. The Morgan fingerprint density at radius 1 is 1.64 bits per heavy atom. The average Bonchev–Trinajstić information content (AvgIpc) is 2.45. The number of aryl methyl sites for hydroxylation is 1. The molecule has 1 N–H and O–H groups in total. The molecule has 1 unspecified atom stereocenters. The van der Waals surface area contributed by atoms with Crippen LogP contribution >= 0.6 is 11.8 Å². The monoisotopic (exact) mass is 238 g/mol. The van der Waals surface area contributed by atoms with Crippen LogP contribution in [0.2, 0.25) is 0 Å². The molecular weight excluding hydrogens is 228 g/mol. The second-order valence-corrected chi connectivity index (χ2v) is 5.62. The third kappa shape index (κ3) is 2.66. The lowest BCUT2D eigenvalue weighted by Gasteiger charge is -2.08. The highest BCUT2D eigenvalue weighted by atomic mass is 32.3. The maximum absolute atomic E-state index is 10.9. The van der Waals surface area contributed by atoms with Gasteiger partial charge in [0.2, 0.25) is 5.16 Å². The maximum atomic E-state index is 10.9. The van der Waals surface area contributed by atoms with Crippen molar-refractivity contribution in [1.29, 1.82) is 0 Å². The van der Waals surface area contributed by atoms with Crippen LogP contribution in [0.25, 0.3) is 0 Å². The molecule has 0 amide bonds. The summed E-state index contributed by atoms with van der Waals surface area (Å²) in [5.74, 6) is 0. The third-order valence-electron chi connectivity index (χ3n) is 1.48. The molecule has 0 bridgehead atoms. The summed E-state index contributed by atoms with van der Waals surface area (Å²) in [6, 6.07) is 0. The number of nitrogens with zero attached hydrogens (tertiary/aromatic N) is 4. The molecule has 1 rings (SSSR count). The molecule has 0 radical (unpaired) electrons. The minimum atomic E-state index is -4.05. The van der Waals surface area contributed by atoms with Gasteiger partial charge in [-0.25, -0.2) is 4.68 Å². The van der Waals surface area contributed by atoms with Crippen LogP contribution < -0.4 is 0 Å². The fourth-order valence-corrected chi connectivity index (χ4v) is 2.63. The number of rotatable bonds is 4. The molecule has 0 fully saturated rings. The van der Waals surface area contributed by atoms with Crippen molar-refractivity contribution in [2.24, 2.45) is 7.05 Å². The maximum Gasteiger partial charge on any atom is 0.277 e. The molecule has 1 aromatic heterocycles. The van der Waals surface area contributed by atoms with Crippen molar-refractivity contribution >= 4 is 21.9 Å². The number of tetrazole rings is 1. The van der Waals surface area contributed by atoms with Crippen molar-refractivity contribution in [3.63, 3.8) is 0 Å². The second kappa shape index (κ2) is 4.24. The van der Waals surface area contributed by atoms with Crippen LogP contribution in [0, 0.1) is 0 Å². The lowest BCUT2D eigenvalue weighted by molar-refractivity contribution is 0.478. The van der Waals surface area contributed by atoms with E-state index in [9.17, 15) is 8.42 Å². The van der Waals surface area contributed by atoms with E-state index in [4.69, 9.17) is 4.55 Å². The quantitative estimate of drug-likeness (QED) is 0.579.